The lowest BCUT2D eigenvalue weighted by Gasteiger charge is -2.11. The molecule has 0 amide bonds. The van der Waals surface area contributed by atoms with Crippen LogP contribution in [0.1, 0.15) is 29.6 Å². The molecule has 2 rings (SSSR count). The molecule has 1 aliphatic carbocycles. The number of ketones is 2. The monoisotopic (exact) mass is 272 g/mol. The van der Waals surface area contributed by atoms with Crippen molar-refractivity contribution in [3.8, 4) is 5.75 Å². The molecule has 3 nitrogen and oxygen atoms in total. The molecule has 0 saturated heterocycles. The molecule has 1 unspecified atom stereocenters. The quantitative estimate of drug-likeness (QED) is 0.794. The lowest BCUT2D eigenvalue weighted by molar-refractivity contribution is -0.274. The summed E-state index contributed by atoms with van der Waals surface area (Å²) in [6.07, 6.45) is -3.80. The highest BCUT2D eigenvalue weighted by Gasteiger charge is 2.32. The fourth-order valence-electron chi connectivity index (χ4n) is 2.12. The number of Topliss-reactive ketones (excluding diaryl/α,β-unsaturated/α-hetero) is 2. The smallest absolute Gasteiger partial charge is 0.406 e. The van der Waals surface area contributed by atoms with Gasteiger partial charge in [0.15, 0.2) is 5.78 Å². The standard InChI is InChI=1S/C13H11F3O3/c14-13(15,16)19-11-3-1-2-8(7-11)12(18)9-4-5-10(17)6-9/h1-3,7,9H,4-6H2. The number of ether oxygens (including phenoxy) is 1. The summed E-state index contributed by atoms with van der Waals surface area (Å²) in [7, 11) is 0. The van der Waals surface area contributed by atoms with Crippen LogP contribution in [0.25, 0.3) is 0 Å². The first kappa shape index (κ1) is 13.6. The molecule has 102 valence electrons. The number of hydrogen-bond acceptors (Lipinski definition) is 3. The normalized spacial score (nSPS) is 19.5. The van der Waals surface area contributed by atoms with E-state index in [9.17, 15) is 22.8 Å². The van der Waals surface area contributed by atoms with Gasteiger partial charge in [0, 0.05) is 24.3 Å². The molecule has 1 aromatic rings. The number of halogens is 3. The van der Waals surface area contributed by atoms with Crippen LogP contribution in [0.5, 0.6) is 5.75 Å². The summed E-state index contributed by atoms with van der Waals surface area (Å²) in [5.74, 6) is -1.14. The second-order valence-electron chi connectivity index (χ2n) is 4.42. The van der Waals surface area contributed by atoms with Crippen molar-refractivity contribution in [2.24, 2.45) is 5.92 Å². The molecule has 0 N–H and O–H groups in total. The van der Waals surface area contributed by atoms with Gasteiger partial charge in [0.25, 0.3) is 0 Å². The van der Waals surface area contributed by atoms with Crippen molar-refractivity contribution < 1.29 is 27.5 Å². The molecule has 0 heterocycles. The maximum Gasteiger partial charge on any atom is 0.573 e. The average Bonchev–Trinajstić information content (AvgIpc) is 2.73. The van der Waals surface area contributed by atoms with Crippen LogP contribution in [0.4, 0.5) is 13.2 Å². The van der Waals surface area contributed by atoms with Crippen LogP contribution in [0.3, 0.4) is 0 Å². The summed E-state index contributed by atoms with van der Waals surface area (Å²) < 4.78 is 40.0. The lowest BCUT2D eigenvalue weighted by Crippen LogP contribution is -2.18. The fourth-order valence-corrected chi connectivity index (χ4v) is 2.12. The summed E-state index contributed by atoms with van der Waals surface area (Å²) in [5, 5.41) is 0. The Bertz CT molecular complexity index is 508. The summed E-state index contributed by atoms with van der Waals surface area (Å²) in [6, 6.07) is 4.93. The van der Waals surface area contributed by atoms with Crippen molar-refractivity contribution in [1.29, 1.82) is 0 Å². The Morgan fingerprint density at radius 3 is 2.63 bits per heavy atom. The van der Waals surface area contributed by atoms with E-state index in [1.54, 1.807) is 0 Å². The summed E-state index contributed by atoms with van der Waals surface area (Å²) in [5.41, 5.74) is 0.140. The lowest BCUT2D eigenvalue weighted by atomic mass is 9.96. The van der Waals surface area contributed by atoms with Gasteiger partial charge in [-0.1, -0.05) is 12.1 Å². The van der Waals surface area contributed by atoms with Crippen molar-refractivity contribution in [1.82, 2.24) is 0 Å². The van der Waals surface area contributed by atoms with Gasteiger partial charge in [-0.25, -0.2) is 0 Å². The van der Waals surface area contributed by atoms with Crippen LogP contribution < -0.4 is 4.74 Å². The number of hydrogen-bond donors (Lipinski definition) is 0. The molecule has 0 aliphatic heterocycles. The molecular formula is C13H11F3O3. The number of carbonyl (C=O) groups excluding carboxylic acids is 2. The zero-order chi connectivity index (χ0) is 14.0. The Morgan fingerprint density at radius 2 is 2.05 bits per heavy atom. The van der Waals surface area contributed by atoms with Gasteiger partial charge in [-0.05, 0) is 18.6 Å². The predicted octanol–water partition coefficient (Wildman–Crippen LogP) is 3.14. The minimum atomic E-state index is -4.79. The number of rotatable bonds is 3. The predicted molar refractivity (Wildman–Crippen MR) is 59.8 cm³/mol. The highest BCUT2D eigenvalue weighted by atomic mass is 19.4. The van der Waals surface area contributed by atoms with E-state index < -0.39 is 18.0 Å². The third-order valence-electron chi connectivity index (χ3n) is 2.97. The van der Waals surface area contributed by atoms with E-state index in [4.69, 9.17) is 0 Å². The average molecular weight is 272 g/mol. The molecule has 1 aromatic carbocycles. The van der Waals surface area contributed by atoms with Gasteiger partial charge in [-0.3, -0.25) is 9.59 Å². The molecule has 1 fully saturated rings. The highest BCUT2D eigenvalue weighted by molar-refractivity contribution is 6.01. The van der Waals surface area contributed by atoms with E-state index in [0.717, 1.165) is 12.1 Å². The molecule has 0 aromatic heterocycles. The highest BCUT2D eigenvalue weighted by Crippen LogP contribution is 2.28. The van der Waals surface area contributed by atoms with Gasteiger partial charge in [0.1, 0.15) is 11.5 Å². The van der Waals surface area contributed by atoms with Crippen LogP contribution in [-0.2, 0) is 4.79 Å². The van der Waals surface area contributed by atoms with Crippen LogP contribution >= 0.6 is 0 Å². The van der Waals surface area contributed by atoms with Gasteiger partial charge in [-0.2, -0.15) is 0 Å². The zero-order valence-corrected chi connectivity index (χ0v) is 9.87. The summed E-state index contributed by atoms with van der Waals surface area (Å²) >= 11 is 0. The SMILES string of the molecule is O=C1CCC(C(=O)c2cccc(OC(F)(F)F)c2)C1. The molecule has 1 aliphatic rings. The first-order valence-electron chi connectivity index (χ1n) is 5.77. The number of carbonyl (C=O) groups is 2. The third kappa shape index (κ3) is 3.56. The van der Waals surface area contributed by atoms with Crippen molar-refractivity contribution in [2.75, 3.05) is 0 Å². The van der Waals surface area contributed by atoms with Crippen LogP contribution in [0.15, 0.2) is 24.3 Å². The van der Waals surface area contributed by atoms with Gasteiger partial charge < -0.3 is 4.74 Å². The minimum Gasteiger partial charge on any atom is -0.406 e. The molecule has 0 bridgehead atoms. The van der Waals surface area contributed by atoms with Gasteiger partial charge in [0.05, 0.1) is 0 Å². The van der Waals surface area contributed by atoms with Crippen molar-refractivity contribution >= 4 is 11.6 Å². The van der Waals surface area contributed by atoms with E-state index in [0.29, 0.717) is 12.8 Å². The number of alkyl halides is 3. The molecule has 0 radical (unpaired) electrons. The van der Waals surface area contributed by atoms with E-state index in [2.05, 4.69) is 4.74 Å². The van der Waals surface area contributed by atoms with E-state index >= 15 is 0 Å². The second-order valence-corrected chi connectivity index (χ2v) is 4.42. The maximum absolute atomic E-state index is 12.1. The Morgan fingerprint density at radius 1 is 1.32 bits per heavy atom. The van der Waals surface area contributed by atoms with Crippen LogP contribution in [0, 0.1) is 5.92 Å². The minimum absolute atomic E-state index is 0.0149. The van der Waals surface area contributed by atoms with Gasteiger partial charge in [0.2, 0.25) is 0 Å². The number of benzene rings is 1. The van der Waals surface area contributed by atoms with E-state index in [1.807, 2.05) is 0 Å². The Kier molecular flexibility index (Phi) is 3.59. The second kappa shape index (κ2) is 5.03. The molecule has 1 saturated carbocycles. The molecule has 0 spiro atoms. The molecular weight excluding hydrogens is 261 g/mol. The Labute approximate surface area is 107 Å². The summed E-state index contributed by atoms with van der Waals surface area (Å²) in [6.45, 7) is 0. The third-order valence-corrected chi connectivity index (χ3v) is 2.97. The molecule has 19 heavy (non-hydrogen) atoms. The van der Waals surface area contributed by atoms with Crippen molar-refractivity contribution in [2.45, 2.75) is 25.6 Å². The molecule has 1 atom stereocenters. The van der Waals surface area contributed by atoms with Crippen molar-refractivity contribution in [3.63, 3.8) is 0 Å². The summed E-state index contributed by atoms with van der Waals surface area (Å²) in [4.78, 5) is 23.1. The van der Waals surface area contributed by atoms with Crippen molar-refractivity contribution in [3.05, 3.63) is 29.8 Å². The largest absolute Gasteiger partial charge is 0.573 e. The van der Waals surface area contributed by atoms with Gasteiger partial charge in [-0.15, -0.1) is 13.2 Å². The maximum atomic E-state index is 12.1. The zero-order valence-electron chi connectivity index (χ0n) is 9.87. The first-order valence-corrected chi connectivity index (χ1v) is 5.77. The van der Waals surface area contributed by atoms with E-state index in [-0.39, 0.29) is 23.6 Å². The Balaban J connectivity index is 2.14. The first-order chi connectivity index (χ1) is 8.85. The Hall–Kier alpha value is -1.85. The van der Waals surface area contributed by atoms with Crippen LogP contribution in [-0.4, -0.2) is 17.9 Å². The topological polar surface area (TPSA) is 43.4 Å². The van der Waals surface area contributed by atoms with Crippen LogP contribution in [0.2, 0.25) is 0 Å². The molecule has 6 heteroatoms. The van der Waals surface area contributed by atoms with Gasteiger partial charge >= 0.3 is 6.36 Å². The fraction of sp³-hybridized carbons (Fsp3) is 0.385. The van der Waals surface area contributed by atoms with E-state index in [1.165, 1.54) is 12.1 Å².